The number of halogens is 2. The van der Waals surface area contributed by atoms with E-state index in [1.165, 1.54) is 5.56 Å². The molecule has 0 saturated carbocycles. The van der Waals surface area contributed by atoms with Crippen molar-refractivity contribution in [2.24, 2.45) is 0 Å². The number of ether oxygens (including phenoxy) is 1. The number of hydrogen-bond donors (Lipinski definition) is 1. The van der Waals surface area contributed by atoms with Crippen molar-refractivity contribution in [3.8, 4) is 5.75 Å². The second kappa shape index (κ2) is 7.21. The van der Waals surface area contributed by atoms with Gasteiger partial charge in [-0.1, -0.05) is 15.9 Å². The average Bonchev–Trinajstić information content (AvgIpc) is 2.31. The van der Waals surface area contributed by atoms with Gasteiger partial charge in [0.15, 0.2) is 0 Å². The van der Waals surface area contributed by atoms with Crippen LogP contribution in [0.4, 0.5) is 0 Å². The summed E-state index contributed by atoms with van der Waals surface area (Å²) < 4.78 is 6.49. The van der Waals surface area contributed by atoms with Gasteiger partial charge in [-0.15, -0.1) is 12.4 Å². The van der Waals surface area contributed by atoms with Crippen molar-refractivity contribution in [3.63, 3.8) is 0 Å². The van der Waals surface area contributed by atoms with Gasteiger partial charge in [0.05, 0.1) is 7.11 Å². The summed E-state index contributed by atoms with van der Waals surface area (Å²) >= 11 is 3.50. The van der Waals surface area contributed by atoms with Gasteiger partial charge in [0.1, 0.15) is 5.75 Å². The Hall–Kier alpha value is -0.290. The Balaban J connectivity index is 0.00000144. The molecular weight excluding hydrogens is 304 g/mol. The SMILES string of the molecule is COc1ccc(Br)cc1CN1CCNCC1.Cl. The third kappa shape index (κ3) is 4.14. The van der Waals surface area contributed by atoms with E-state index in [9.17, 15) is 0 Å². The Morgan fingerprint density at radius 1 is 1.35 bits per heavy atom. The molecule has 0 amide bonds. The third-order valence-electron chi connectivity index (χ3n) is 2.85. The van der Waals surface area contributed by atoms with Gasteiger partial charge < -0.3 is 10.1 Å². The molecule has 2 rings (SSSR count). The maximum Gasteiger partial charge on any atom is 0.123 e. The van der Waals surface area contributed by atoms with Crippen LogP contribution in [0, 0.1) is 0 Å². The first-order valence-electron chi connectivity index (χ1n) is 5.55. The highest BCUT2D eigenvalue weighted by molar-refractivity contribution is 9.10. The van der Waals surface area contributed by atoms with Gasteiger partial charge in [-0.3, -0.25) is 4.90 Å². The second-order valence-corrected chi connectivity index (χ2v) is 4.90. The number of rotatable bonds is 3. The highest BCUT2D eigenvalue weighted by Gasteiger charge is 2.12. The summed E-state index contributed by atoms with van der Waals surface area (Å²) in [6, 6.07) is 6.17. The van der Waals surface area contributed by atoms with Crippen LogP contribution in [0.25, 0.3) is 0 Å². The maximum atomic E-state index is 5.38. The van der Waals surface area contributed by atoms with E-state index in [0.717, 1.165) is 42.9 Å². The van der Waals surface area contributed by atoms with Gasteiger partial charge in [-0.05, 0) is 18.2 Å². The van der Waals surface area contributed by atoms with Crippen molar-refractivity contribution in [2.75, 3.05) is 33.3 Å². The normalized spacial score (nSPS) is 16.4. The van der Waals surface area contributed by atoms with Crippen LogP contribution >= 0.6 is 28.3 Å². The summed E-state index contributed by atoms with van der Waals surface area (Å²) in [5.41, 5.74) is 1.25. The van der Waals surface area contributed by atoms with Crippen molar-refractivity contribution in [2.45, 2.75) is 6.54 Å². The van der Waals surface area contributed by atoms with Gasteiger partial charge in [-0.2, -0.15) is 0 Å². The van der Waals surface area contributed by atoms with Gasteiger partial charge in [0, 0.05) is 42.8 Å². The third-order valence-corrected chi connectivity index (χ3v) is 3.34. The van der Waals surface area contributed by atoms with E-state index >= 15 is 0 Å². The lowest BCUT2D eigenvalue weighted by Crippen LogP contribution is -2.42. The van der Waals surface area contributed by atoms with E-state index in [1.54, 1.807) is 7.11 Å². The van der Waals surface area contributed by atoms with Crippen molar-refractivity contribution in [1.82, 2.24) is 10.2 Å². The van der Waals surface area contributed by atoms with E-state index in [1.807, 2.05) is 12.1 Å². The minimum atomic E-state index is 0. The van der Waals surface area contributed by atoms with Crippen LogP contribution in [-0.4, -0.2) is 38.2 Å². The molecule has 5 heteroatoms. The van der Waals surface area contributed by atoms with E-state index < -0.39 is 0 Å². The summed E-state index contributed by atoms with van der Waals surface area (Å²) in [6.07, 6.45) is 0. The quantitative estimate of drug-likeness (QED) is 0.924. The molecule has 1 aliphatic heterocycles. The Morgan fingerprint density at radius 2 is 2.06 bits per heavy atom. The number of benzene rings is 1. The van der Waals surface area contributed by atoms with E-state index in [0.29, 0.717) is 0 Å². The largest absolute Gasteiger partial charge is 0.496 e. The van der Waals surface area contributed by atoms with E-state index in [-0.39, 0.29) is 12.4 Å². The van der Waals surface area contributed by atoms with Crippen LogP contribution < -0.4 is 10.1 Å². The zero-order chi connectivity index (χ0) is 11.4. The van der Waals surface area contributed by atoms with Crippen molar-refractivity contribution in [1.29, 1.82) is 0 Å². The summed E-state index contributed by atoms with van der Waals surface area (Å²) in [5.74, 6) is 0.974. The monoisotopic (exact) mass is 320 g/mol. The van der Waals surface area contributed by atoms with Crippen molar-refractivity contribution < 1.29 is 4.74 Å². The molecule has 1 heterocycles. The van der Waals surface area contributed by atoms with E-state index in [4.69, 9.17) is 4.74 Å². The highest BCUT2D eigenvalue weighted by atomic mass is 79.9. The molecule has 0 bridgehead atoms. The lowest BCUT2D eigenvalue weighted by atomic mass is 10.2. The topological polar surface area (TPSA) is 24.5 Å². The van der Waals surface area contributed by atoms with Crippen LogP contribution in [0.1, 0.15) is 5.56 Å². The first kappa shape index (κ1) is 14.8. The second-order valence-electron chi connectivity index (χ2n) is 3.98. The number of methoxy groups -OCH3 is 1. The fourth-order valence-corrected chi connectivity index (χ4v) is 2.39. The first-order valence-corrected chi connectivity index (χ1v) is 6.34. The summed E-state index contributed by atoms with van der Waals surface area (Å²) in [5, 5.41) is 3.36. The minimum absolute atomic E-state index is 0. The first-order chi connectivity index (χ1) is 7.79. The van der Waals surface area contributed by atoms with E-state index in [2.05, 4.69) is 32.2 Å². The molecule has 0 unspecified atom stereocenters. The molecule has 1 aliphatic rings. The smallest absolute Gasteiger partial charge is 0.123 e. The standard InChI is InChI=1S/C12H17BrN2O.ClH/c1-16-12-3-2-11(13)8-10(12)9-15-6-4-14-5-7-15;/h2-3,8,14H,4-7,9H2,1H3;1H. The molecule has 1 aromatic rings. The van der Waals surface area contributed by atoms with Crippen LogP contribution in [0.2, 0.25) is 0 Å². The molecule has 0 aromatic heterocycles. The molecule has 1 fully saturated rings. The molecule has 1 saturated heterocycles. The summed E-state index contributed by atoms with van der Waals surface area (Å²) in [4.78, 5) is 2.45. The molecule has 0 radical (unpaired) electrons. The minimum Gasteiger partial charge on any atom is -0.496 e. The Kier molecular flexibility index (Phi) is 6.27. The lowest BCUT2D eigenvalue weighted by molar-refractivity contribution is 0.230. The Bertz CT molecular complexity index is 356. The predicted molar refractivity (Wildman–Crippen MR) is 76.1 cm³/mol. The fourth-order valence-electron chi connectivity index (χ4n) is 1.98. The van der Waals surface area contributed by atoms with Gasteiger partial charge in [0.25, 0.3) is 0 Å². The number of piperazine rings is 1. The molecular formula is C12H18BrClN2O. The number of nitrogens with one attached hydrogen (secondary N) is 1. The van der Waals surface area contributed by atoms with Crippen LogP contribution in [0.15, 0.2) is 22.7 Å². The van der Waals surface area contributed by atoms with Crippen LogP contribution in [-0.2, 0) is 6.54 Å². The van der Waals surface area contributed by atoms with Crippen LogP contribution in [0.3, 0.4) is 0 Å². The molecule has 0 spiro atoms. The highest BCUT2D eigenvalue weighted by Crippen LogP contribution is 2.24. The zero-order valence-electron chi connectivity index (χ0n) is 9.91. The molecule has 96 valence electrons. The summed E-state index contributed by atoms with van der Waals surface area (Å²) in [6.45, 7) is 5.34. The molecule has 17 heavy (non-hydrogen) atoms. The van der Waals surface area contributed by atoms with Gasteiger partial charge in [0.2, 0.25) is 0 Å². The molecule has 0 atom stereocenters. The Morgan fingerprint density at radius 3 is 2.71 bits per heavy atom. The molecule has 3 nitrogen and oxygen atoms in total. The van der Waals surface area contributed by atoms with Gasteiger partial charge in [-0.25, -0.2) is 0 Å². The molecule has 0 aliphatic carbocycles. The molecule has 1 aromatic carbocycles. The van der Waals surface area contributed by atoms with Crippen molar-refractivity contribution in [3.05, 3.63) is 28.2 Å². The Labute approximate surface area is 117 Å². The predicted octanol–water partition coefficient (Wildman–Crippen LogP) is 2.28. The number of nitrogens with zero attached hydrogens (tertiary/aromatic N) is 1. The zero-order valence-corrected chi connectivity index (χ0v) is 12.3. The average molecular weight is 322 g/mol. The van der Waals surface area contributed by atoms with Crippen LogP contribution in [0.5, 0.6) is 5.75 Å². The molecule has 1 N–H and O–H groups in total. The van der Waals surface area contributed by atoms with Gasteiger partial charge >= 0.3 is 0 Å². The fraction of sp³-hybridized carbons (Fsp3) is 0.500. The lowest BCUT2D eigenvalue weighted by Gasteiger charge is -2.27. The summed E-state index contributed by atoms with van der Waals surface area (Å²) in [7, 11) is 1.73. The maximum absolute atomic E-state index is 5.38. The number of hydrogen-bond acceptors (Lipinski definition) is 3. The van der Waals surface area contributed by atoms with Crippen molar-refractivity contribution >= 4 is 28.3 Å².